The molecule has 2 aromatic carbocycles. The van der Waals surface area contributed by atoms with Crippen molar-refractivity contribution in [3.05, 3.63) is 54.1 Å². The lowest BCUT2D eigenvalue weighted by Gasteiger charge is -2.08. The molecule has 0 saturated carbocycles. The van der Waals surface area contributed by atoms with Crippen LogP contribution >= 0.6 is 0 Å². The second-order valence-electron chi connectivity index (χ2n) is 3.73. The van der Waals surface area contributed by atoms with Crippen LogP contribution < -0.4 is 4.74 Å². The summed E-state index contributed by atoms with van der Waals surface area (Å²) in [5, 5.41) is 8.65. The highest BCUT2D eigenvalue weighted by Crippen LogP contribution is 2.27. The van der Waals surface area contributed by atoms with Gasteiger partial charge in [0.15, 0.2) is 0 Å². The monoisotopic (exact) mass is 250 g/mol. The Bertz CT molecular complexity index is 541. The zero-order valence-electron chi connectivity index (χ0n) is 9.57. The van der Waals surface area contributed by atoms with Gasteiger partial charge in [0.05, 0.1) is 6.61 Å². The number of halogens is 2. The first-order chi connectivity index (χ1) is 8.70. The van der Waals surface area contributed by atoms with Gasteiger partial charge in [0.2, 0.25) is 0 Å². The van der Waals surface area contributed by atoms with Crippen molar-refractivity contribution < 1.29 is 18.6 Å². The molecule has 4 heteroatoms. The first-order valence-corrected chi connectivity index (χ1v) is 5.50. The smallest absolute Gasteiger partial charge is 0.131 e. The van der Waals surface area contributed by atoms with E-state index < -0.39 is 11.6 Å². The van der Waals surface area contributed by atoms with E-state index in [0.29, 0.717) is 11.1 Å². The summed E-state index contributed by atoms with van der Waals surface area (Å²) in [6.07, 6.45) is 0. The molecule has 0 saturated heterocycles. The fraction of sp³-hybridized carbons (Fsp3) is 0.143. The summed E-state index contributed by atoms with van der Waals surface area (Å²) in [4.78, 5) is 0. The first-order valence-electron chi connectivity index (χ1n) is 5.50. The number of hydrogen-bond donors (Lipinski definition) is 1. The molecule has 0 amide bonds. The molecule has 0 aromatic heterocycles. The zero-order valence-corrected chi connectivity index (χ0v) is 9.57. The van der Waals surface area contributed by atoms with Crippen molar-refractivity contribution in [1.29, 1.82) is 0 Å². The molecule has 94 valence electrons. The van der Waals surface area contributed by atoms with Crippen LogP contribution in [0.3, 0.4) is 0 Å². The molecule has 2 aromatic rings. The Morgan fingerprint density at radius 3 is 2.56 bits per heavy atom. The van der Waals surface area contributed by atoms with E-state index in [0.717, 1.165) is 0 Å². The summed E-state index contributed by atoms with van der Waals surface area (Å²) in [7, 11) is 0. The molecule has 0 bridgehead atoms. The highest BCUT2D eigenvalue weighted by molar-refractivity contribution is 5.65. The van der Waals surface area contributed by atoms with Crippen molar-refractivity contribution >= 4 is 0 Å². The zero-order chi connectivity index (χ0) is 13.0. The third-order valence-corrected chi connectivity index (χ3v) is 2.42. The van der Waals surface area contributed by atoms with Gasteiger partial charge in [-0.25, -0.2) is 8.78 Å². The average molecular weight is 250 g/mol. The van der Waals surface area contributed by atoms with Crippen molar-refractivity contribution in [3.8, 4) is 16.9 Å². The number of ether oxygens (including phenoxy) is 1. The Labute approximate surface area is 103 Å². The quantitative estimate of drug-likeness (QED) is 0.903. The average Bonchev–Trinajstić information content (AvgIpc) is 2.36. The van der Waals surface area contributed by atoms with E-state index in [9.17, 15) is 8.78 Å². The molecule has 0 atom stereocenters. The highest BCUT2D eigenvalue weighted by Gasteiger charge is 2.07. The largest absolute Gasteiger partial charge is 0.491 e. The van der Waals surface area contributed by atoms with Gasteiger partial charge in [-0.15, -0.1) is 0 Å². The molecule has 0 aliphatic carbocycles. The van der Waals surface area contributed by atoms with E-state index >= 15 is 0 Å². The predicted molar refractivity (Wildman–Crippen MR) is 64.4 cm³/mol. The normalized spacial score (nSPS) is 10.4. The van der Waals surface area contributed by atoms with Gasteiger partial charge in [-0.2, -0.15) is 0 Å². The first kappa shape index (κ1) is 12.5. The maximum Gasteiger partial charge on any atom is 0.131 e. The Hall–Kier alpha value is -1.94. The third kappa shape index (κ3) is 2.84. The van der Waals surface area contributed by atoms with Crippen molar-refractivity contribution in [2.75, 3.05) is 13.2 Å². The molecule has 0 spiro atoms. The van der Waals surface area contributed by atoms with E-state index in [1.807, 2.05) is 0 Å². The minimum Gasteiger partial charge on any atom is -0.491 e. The Morgan fingerprint density at radius 2 is 1.83 bits per heavy atom. The van der Waals surface area contributed by atoms with Crippen LogP contribution in [0.1, 0.15) is 0 Å². The van der Waals surface area contributed by atoms with Crippen LogP contribution in [-0.2, 0) is 0 Å². The summed E-state index contributed by atoms with van der Waals surface area (Å²) >= 11 is 0. The van der Waals surface area contributed by atoms with Crippen molar-refractivity contribution in [2.24, 2.45) is 0 Å². The van der Waals surface area contributed by atoms with Gasteiger partial charge in [-0.05, 0) is 23.8 Å². The van der Waals surface area contributed by atoms with Gasteiger partial charge in [-0.3, -0.25) is 0 Å². The van der Waals surface area contributed by atoms with Crippen LogP contribution in [-0.4, -0.2) is 18.3 Å². The van der Waals surface area contributed by atoms with Crippen molar-refractivity contribution in [3.63, 3.8) is 0 Å². The lowest BCUT2D eigenvalue weighted by atomic mass is 10.0. The molecular formula is C14H12F2O2. The van der Waals surface area contributed by atoms with Gasteiger partial charge in [0, 0.05) is 11.6 Å². The molecule has 0 heterocycles. The van der Waals surface area contributed by atoms with E-state index in [4.69, 9.17) is 9.84 Å². The Kier molecular flexibility index (Phi) is 3.89. The Balaban J connectivity index is 2.39. The topological polar surface area (TPSA) is 29.5 Å². The lowest BCUT2D eigenvalue weighted by Crippen LogP contribution is -2.02. The molecule has 18 heavy (non-hydrogen) atoms. The van der Waals surface area contributed by atoms with Gasteiger partial charge < -0.3 is 9.84 Å². The number of aliphatic hydroxyl groups is 1. The summed E-state index contributed by atoms with van der Waals surface area (Å²) in [5.41, 5.74) is 0.715. The maximum atomic E-state index is 13.6. The number of rotatable bonds is 4. The van der Waals surface area contributed by atoms with Crippen molar-refractivity contribution in [1.82, 2.24) is 0 Å². The summed E-state index contributed by atoms with van der Waals surface area (Å²) in [5.74, 6) is -0.665. The van der Waals surface area contributed by atoms with Crippen molar-refractivity contribution in [2.45, 2.75) is 0 Å². The van der Waals surface area contributed by atoms with Crippen LogP contribution in [0.15, 0.2) is 42.5 Å². The fourth-order valence-electron chi connectivity index (χ4n) is 1.66. The molecular weight excluding hydrogens is 238 g/mol. The lowest BCUT2D eigenvalue weighted by molar-refractivity contribution is 0.201. The minimum absolute atomic E-state index is 0.0696. The number of benzene rings is 2. The van der Waals surface area contributed by atoms with Gasteiger partial charge >= 0.3 is 0 Å². The predicted octanol–water partition coefficient (Wildman–Crippen LogP) is 3.00. The summed E-state index contributed by atoms with van der Waals surface area (Å²) < 4.78 is 32.1. The van der Waals surface area contributed by atoms with Gasteiger partial charge in [0.1, 0.15) is 24.0 Å². The molecule has 0 aliphatic heterocycles. The molecule has 2 nitrogen and oxygen atoms in total. The standard InChI is InChI=1S/C14H12F2O2/c15-11-7-10(8-12(9-11)18-6-5-17)13-3-1-2-4-14(13)16/h1-4,7-9,17H,5-6H2. The summed E-state index contributed by atoms with van der Waals surface area (Å²) in [6, 6.07) is 10.1. The molecule has 0 radical (unpaired) electrons. The second kappa shape index (κ2) is 5.60. The number of hydrogen-bond acceptors (Lipinski definition) is 2. The van der Waals surface area contributed by atoms with Gasteiger partial charge in [-0.1, -0.05) is 18.2 Å². The SMILES string of the molecule is OCCOc1cc(F)cc(-c2ccccc2F)c1. The van der Waals surface area contributed by atoms with Crippen LogP contribution in [0.2, 0.25) is 0 Å². The van der Waals surface area contributed by atoms with E-state index in [2.05, 4.69) is 0 Å². The molecule has 2 rings (SSSR count). The highest BCUT2D eigenvalue weighted by atomic mass is 19.1. The van der Waals surface area contributed by atoms with Crippen LogP contribution in [0.5, 0.6) is 5.75 Å². The fourth-order valence-corrected chi connectivity index (χ4v) is 1.66. The van der Waals surface area contributed by atoms with E-state index in [1.54, 1.807) is 18.2 Å². The minimum atomic E-state index is -0.510. The second-order valence-corrected chi connectivity index (χ2v) is 3.73. The third-order valence-electron chi connectivity index (χ3n) is 2.42. The van der Waals surface area contributed by atoms with Crippen LogP contribution in [0, 0.1) is 11.6 Å². The maximum absolute atomic E-state index is 13.6. The molecule has 1 N–H and O–H groups in total. The van der Waals surface area contributed by atoms with E-state index in [1.165, 1.54) is 24.3 Å². The van der Waals surface area contributed by atoms with Crippen LogP contribution in [0.25, 0.3) is 11.1 Å². The summed E-state index contributed by atoms with van der Waals surface area (Å²) in [6.45, 7) is -0.0916. The van der Waals surface area contributed by atoms with Crippen LogP contribution in [0.4, 0.5) is 8.78 Å². The Morgan fingerprint density at radius 1 is 1.06 bits per heavy atom. The molecule has 0 aliphatic rings. The number of aliphatic hydroxyl groups excluding tert-OH is 1. The van der Waals surface area contributed by atoms with Gasteiger partial charge in [0.25, 0.3) is 0 Å². The molecule has 0 fully saturated rings. The van der Waals surface area contributed by atoms with E-state index in [-0.39, 0.29) is 19.0 Å². The molecule has 0 unspecified atom stereocenters.